The predicted octanol–water partition coefficient (Wildman–Crippen LogP) is 2.29. The molecule has 0 radical (unpaired) electrons. The van der Waals surface area contributed by atoms with Crippen molar-refractivity contribution in [1.29, 1.82) is 0 Å². The van der Waals surface area contributed by atoms with Gasteiger partial charge in [-0.15, -0.1) is 0 Å². The van der Waals surface area contributed by atoms with E-state index in [0.717, 1.165) is 30.8 Å². The highest BCUT2D eigenvalue weighted by Crippen LogP contribution is 2.41. The molecule has 7 heteroatoms. The van der Waals surface area contributed by atoms with Gasteiger partial charge in [0.1, 0.15) is 0 Å². The Morgan fingerprint density at radius 1 is 0.943 bits per heavy atom. The quantitative estimate of drug-likeness (QED) is 0.547. The summed E-state index contributed by atoms with van der Waals surface area (Å²) >= 11 is 0. The molecule has 4 rings (SSSR count). The Morgan fingerprint density at radius 3 is 2.26 bits per heavy atom. The fraction of sp³-hybridized carbons (Fsp3) is 0.464. The smallest absolute Gasteiger partial charge is 0.240 e. The standard InChI is InChI=1S/C28H36N4O3/c1-22-9-7-8-12-24(22)28(20-26(34)32(27(28)35)18-13-29(2)3)19-25(33)31-16-14-30(15-17-31)21-23-10-5-4-6-11-23/h4-12H,13-21H2,1-3H3/t28-/m0/s1. The van der Waals surface area contributed by atoms with Gasteiger partial charge in [0.15, 0.2) is 0 Å². The third-order valence-corrected chi connectivity index (χ3v) is 7.27. The van der Waals surface area contributed by atoms with Gasteiger partial charge in [-0.2, -0.15) is 0 Å². The molecule has 0 unspecified atom stereocenters. The van der Waals surface area contributed by atoms with Crippen LogP contribution in [0.15, 0.2) is 54.6 Å². The van der Waals surface area contributed by atoms with Crippen LogP contribution in [0.1, 0.15) is 29.5 Å². The van der Waals surface area contributed by atoms with E-state index in [1.54, 1.807) is 0 Å². The number of aryl methyl sites for hydroxylation is 1. The van der Waals surface area contributed by atoms with Crippen molar-refractivity contribution < 1.29 is 14.4 Å². The maximum Gasteiger partial charge on any atom is 0.240 e. The fourth-order valence-corrected chi connectivity index (χ4v) is 5.25. The Morgan fingerprint density at radius 2 is 1.60 bits per heavy atom. The summed E-state index contributed by atoms with van der Waals surface area (Å²) in [6.07, 6.45) is 0.0728. The Balaban J connectivity index is 1.49. The highest BCUT2D eigenvalue weighted by molar-refractivity contribution is 6.11. The van der Waals surface area contributed by atoms with Crippen molar-refractivity contribution in [3.63, 3.8) is 0 Å². The van der Waals surface area contributed by atoms with Gasteiger partial charge in [-0.3, -0.25) is 24.2 Å². The molecule has 2 aliphatic rings. The molecule has 2 heterocycles. The van der Waals surface area contributed by atoms with Crippen molar-refractivity contribution in [2.45, 2.75) is 31.7 Å². The highest BCUT2D eigenvalue weighted by Gasteiger charge is 2.54. The monoisotopic (exact) mass is 476 g/mol. The number of carbonyl (C=O) groups excluding carboxylic acids is 3. The van der Waals surface area contributed by atoms with Gasteiger partial charge < -0.3 is 9.80 Å². The van der Waals surface area contributed by atoms with Gasteiger partial charge in [-0.1, -0.05) is 54.6 Å². The van der Waals surface area contributed by atoms with Crippen molar-refractivity contribution in [1.82, 2.24) is 19.6 Å². The van der Waals surface area contributed by atoms with Crippen LogP contribution < -0.4 is 0 Å². The van der Waals surface area contributed by atoms with Crippen molar-refractivity contribution in [2.75, 3.05) is 53.4 Å². The molecule has 2 fully saturated rings. The molecule has 0 aromatic heterocycles. The lowest BCUT2D eigenvalue weighted by molar-refractivity contribution is -0.143. The van der Waals surface area contributed by atoms with Crippen LogP contribution in [0.2, 0.25) is 0 Å². The number of piperazine rings is 1. The molecule has 35 heavy (non-hydrogen) atoms. The van der Waals surface area contributed by atoms with Gasteiger partial charge in [0.25, 0.3) is 0 Å². The lowest BCUT2D eigenvalue weighted by Crippen LogP contribution is -2.51. The van der Waals surface area contributed by atoms with Gasteiger partial charge in [-0.05, 0) is 37.7 Å². The van der Waals surface area contributed by atoms with E-state index in [-0.39, 0.29) is 30.6 Å². The number of likely N-dealkylation sites (N-methyl/N-ethyl adjacent to an activating group) is 1. The predicted molar refractivity (Wildman–Crippen MR) is 136 cm³/mol. The summed E-state index contributed by atoms with van der Waals surface area (Å²) in [4.78, 5) is 47.9. The summed E-state index contributed by atoms with van der Waals surface area (Å²) < 4.78 is 0. The molecule has 2 saturated heterocycles. The molecular formula is C28H36N4O3. The average molecular weight is 477 g/mol. The van der Waals surface area contributed by atoms with Crippen LogP contribution in [-0.2, 0) is 26.3 Å². The summed E-state index contributed by atoms with van der Waals surface area (Å²) in [5, 5.41) is 0. The molecule has 0 spiro atoms. The van der Waals surface area contributed by atoms with E-state index in [2.05, 4.69) is 17.0 Å². The van der Waals surface area contributed by atoms with E-state index in [1.165, 1.54) is 10.5 Å². The van der Waals surface area contributed by atoms with Crippen LogP contribution in [0.25, 0.3) is 0 Å². The number of hydrogen-bond donors (Lipinski definition) is 0. The number of hydrogen-bond acceptors (Lipinski definition) is 5. The molecular weight excluding hydrogens is 440 g/mol. The van der Waals surface area contributed by atoms with Gasteiger partial charge in [0.2, 0.25) is 17.7 Å². The number of imide groups is 1. The Hall–Kier alpha value is -3.03. The maximum absolute atomic E-state index is 13.8. The first-order chi connectivity index (χ1) is 16.8. The molecule has 0 saturated carbocycles. The number of nitrogens with zero attached hydrogens (tertiary/aromatic N) is 4. The van der Waals surface area contributed by atoms with Crippen LogP contribution in [-0.4, -0.2) is 90.7 Å². The second-order valence-electron chi connectivity index (χ2n) is 10.0. The molecule has 186 valence electrons. The normalized spacial score (nSPS) is 21.3. The zero-order valence-corrected chi connectivity index (χ0v) is 21.1. The van der Waals surface area contributed by atoms with Crippen molar-refractivity contribution in [2.24, 2.45) is 0 Å². The summed E-state index contributed by atoms with van der Waals surface area (Å²) in [6.45, 7) is 6.58. The first-order valence-electron chi connectivity index (χ1n) is 12.4. The van der Waals surface area contributed by atoms with Crippen molar-refractivity contribution in [3.8, 4) is 0 Å². The molecule has 0 bridgehead atoms. The van der Waals surface area contributed by atoms with Gasteiger partial charge >= 0.3 is 0 Å². The third kappa shape index (κ3) is 5.46. The Bertz CT molecular complexity index is 1060. The summed E-state index contributed by atoms with van der Waals surface area (Å²) in [7, 11) is 3.83. The minimum Gasteiger partial charge on any atom is -0.340 e. The molecule has 3 amide bonds. The van der Waals surface area contributed by atoms with E-state index in [4.69, 9.17) is 0 Å². The zero-order chi connectivity index (χ0) is 25.0. The SMILES string of the molecule is Cc1ccccc1[C@]1(CC(=O)N2CCN(Cc3ccccc3)CC2)CC(=O)N(CCN(C)C)C1=O. The molecule has 0 aliphatic carbocycles. The number of amides is 3. The number of carbonyl (C=O) groups is 3. The van der Waals surface area contributed by atoms with Crippen LogP contribution in [0.4, 0.5) is 0 Å². The van der Waals surface area contributed by atoms with Crippen LogP contribution in [0.5, 0.6) is 0 Å². The minimum atomic E-state index is -1.13. The van der Waals surface area contributed by atoms with E-state index in [1.807, 2.05) is 73.3 Å². The first-order valence-corrected chi connectivity index (χ1v) is 12.4. The van der Waals surface area contributed by atoms with Crippen LogP contribution in [0, 0.1) is 6.92 Å². The second-order valence-corrected chi connectivity index (χ2v) is 10.0. The number of rotatable bonds is 8. The largest absolute Gasteiger partial charge is 0.340 e. The minimum absolute atomic E-state index is 0.0274. The fourth-order valence-electron chi connectivity index (χ4n) is 5.25. The van der Waals surface area contributed by atoms with E-state index < -0.39 is 5.41 Å². The van der Waals surface area contributed by atoms with Gasteiger partial charge in [0.05, 0.1) is 5.41 Å². The Kier molecular flexibility index (Phi) is 7.67. The van der Waals surface area contributed by atoms with Gasteiger partial charge in [0, 0.05) is 58.7 Å². The second kappa shape index (κ2) is 10.7. The summed E-state index contributed by atoms with van der Waals surface area (Å²) in [6, 6.07) is 18.0. The lowest BCUT2D eigenvalue weighted by Gasteiger charge is -2.37. The summed E-state index contributed by atoms with van der Waals surface area (Å²) in [5.74, 6) is -0.487. The number of likely N-dealkylation sites (tertiary alicyclic amines) is 1. The topological polar surface area (TPSA) is 64.2 Å². The lowest BCUT2D eigenvalue weighted by atomic mass is 9.74. The molecule has 2 aromatic rings. The average Bonchev–Trinajstić information content (AvgIpc) is 3.08. The van der Waals surface area contributed by atoms with Crippen molar-refractivity contribution in [3.05, 3.63) is 71.3 Å². The molecule has 0 N–H and O–H groups in total. The van der Waals surface area contributed by atoms with Crippen LogP contribution >= 0.6 is 0 Å². The third-order valence-electron chi connectivity index (χ3n) is 7.27. The molecule has 2 aliphatic heterocycles. The molecule has 1 atom stereocenters. The van der Waals surface area contributed by atoms with E-state index in [0.29, 0.717) is 26.2 Å². The van der Waals surface area contributed by atoms with E-state index in [9.17, 15) is 14.4 Å². The van der Waals surface area contributed by atoms with Crippen LogP contribution in [0.3, 0.4) is 0 Å². The highest BCUT2D eigenvalue weighted by atomic mass is 16.2. The Labute approximate surface area is 208 Å². The van der Waals surface area contributed by atoms with Crippen molar-refractivity contribution >= 4 is 17.7 Å². The van der Waals surface area contributed by atoms with Gasteiger partial charge in [-0.25, -0.2) is 0 Å². The van der Waals surface area contributed by atoms with E-state index >= 15 is 0 Å². The summed E-state index contributed by atoms with van der Waals surface area (Å²) in [5.41, 5.74) is 1.86. The maximum atomic E-state index is 13.8. The molecule has 7 nitrogen and oxygen atoms in total. The zero-order valence-electron chi connectivity index (χ0n) is 21.1. The number of benzene rings is 2. The first kappa shape index (κ1) is 25.1. The molecule has 2 aromatic carbocycles.